The quantitative estimate of drug-likeness (QED) is 0.770. The van der Waals surface area contributed by atoms with E-state index in [0.717, 1.165) is 25.7 Å². The highest BCUT2D eigenvalue weighted by molar-refractivity contribution is 5.96. The summed E-state index contributed by atoms with van der Waals surface area (Å²) in [6.45, 7) is -0.407. The van der Waals surface area contributed by atoms with E-state index in [4.69, 9.17) is 18.9 Å². The van der Waals surface area contributed by atoms with Crippen molar-refractivity contribution in [3.63, 3.8) is 0 Å². The molecule has 4 rings (SSSR count). The number of methoxy groups -OCH3 is 1. The molecule has 1 N–H and O–H groups in total. The fourth-order valence-electron chi connectivity index (χ4n) is 3.69. The predicted molar refractivity (Wildman–Crippen MR) is 105 cm³/mol. The molecule has 0 unspecified atom stereocenters. The normalized spacial score (nSPS) is 16.3. The number of nitrogens with one attached hydrogen (secondary N) is 1. The smallest absolute Gasteiger partial charge is 0.342 e. The molecule has 0 aromatic heterocycles. The minimum Gasteiger partial charge on any atom is -0.496 e. The number of hydrogen-bond donors (Lipinski definition) is 1. The molecule has 1 spiro atoms. The fourth-order valence-corrected chi connectivity index (χ4v) is 3.69. The van der Waals surface area contributed by atoms with Crippen LogP contribution in [-0.2, 0) is 9.53 Å². The number of benzene rings is 2. The number of rotatable bonds is 5. The highest BCUT2D eigenvalue weighted by Gasteiger charge is 2.42. The summed E-state index contributed by atoms with van der Waals surface area (Å²) in [4.78, 5) is 24.4. The van der Waals surface area contributed by atoms with Gasteiger partial charge in [-0.1, -0.05) is 18.6 Å². The van der Waals surface area contributed by atoms with E-state index in [9.17, 15) is 9.59 Å². The van der Waals surface area contributed by atoms with Crippen molar-refractivity contribution in [2.75, 3.05) is 19.0 Å². The van der Waals surface area contributed by atoms with Crippen LogP contribution in [0.5, 0.6) is 17.2 Å². The van der Waals surface area contributed by atoms with E-state index >= 15 is 0 Å². The first-order valence-corrected chi connectivity index (χ1v) is 9.71. The van der Waals surface area contributed by atoms with Gasteiger partial charge in [0.25, 0.3) is 11.7 Å². The molecule has 1 heterocycles. The summed E-state index contributed by atoms with van der Waals surface area (Å²) in [7, 11) is 1.47. The topological polar surface area (TPSA) is 83.1 Å². The molecule has 0 radical (unpaired) electrons. The molecule has 2 aliphatic rings. The van der Waals surface area contributed by atoms with E-state index in [2.05, 4.69) is 5.32 Å². The van der Waals surface area contributed by atoms with E-state index in [1.165, 1.54) is 13.5 Å². The summed E-state index contributed by atoms with van der Waals surface area (Å²) in [6.07, 6.45) is 5.08. The van der Waals surface area contributed by atoms with Crippen LogP contribution in [0.25, 0.3) is 0 Å². The Kier molecular flexibility index (Phi) is 5.29. The summed E-state index contributed by atoms with van der Waals surface area (Å²) in [5, 5.41) is 2.72. The van der Waals surface area contributed by atoms with Gasteiger partial charge in [0.2, 0.25) is 0 Å². The molecular formula is C22H23NO6. The number of anilines is 1. The van der Waals surface area contributed by atoms with Gasteiger partial charge in [0.05, 0.1) is 7.11 Å². The lowest BCUT2D eigenvalue weighted by Crippen LogP contribution is -2.40. The first kappa shape index (κ1) is 19.1. The predicted octanol–water partition coefficient (Wildman–Crippen LogP) is 3.92. The van der Waals surface area contributed by atoms with E-state index in [-0.39, 0.29) is 5.56 Å². The highest BCUT2D eigenvalue weighted by atomic mass is 16.7. The SMILES string of the molecule is COc1ccccc1C(=O)OCC(=O)Nc1ccc2c(c1)OC1(CCCCC1)O2. The number of para-hydroxylation sites is 1. The standard InChI is InChI=1S/C22H23NO6/c1-26-17-8-4-3-7-16(17)21(25)27-14-20(24)23-15-9-10-18-19(13-15)29-22(28-18)11-5-2-6-12-22/h3-4,7-10,13H,2,5-6,11-12,14H2,1H3,(H,23,24). The van der Waals surface area contributed by atoms with Crippen LogP contribution in [0.2, 0.25) is 0 Å². The van der Waals surface area contributed by atoms with E-state index in [1.54, 1.807) is 42.5 Å². The zero-order chi connectivity index (χ0) is 20.3. The van der Waals surface area contributed by atoms with Crippen LogP contribution in [0, 0.1) is 0 Å². The van der Waals surface area contributed by atoms with Gasteiger partial charge in [0.1, 0.15) is 11.3 Å². The van der Waals surface area contributed by atoms with Crippen molar-refractivity contribution in [3.05, 3.63) is 48.0 Å². The largest absolute Gasteiger partial charge is 0.496 e. The van der Waals surface area contributed by atoms with Crippen molar-refractivity contribution >= 4 is 17.6 Å². The van der Waals surface area contributed by atoms with Crippen LogP contribution in [0.15, 0.2) is 42.5 Å². The Morgan fingerprint density at radius 1 is 1.03 bits per heavy atom. The Bertz CT molecular complexity index is 919. The molecule has 0 atom stereocenters. The summed E-state index contributed by atoms with van der Waals surface area (Å²) < 4.78 is 22.3. The number of carbonyl (C=O) groups excluding carboxylic acids is 2. The molecule has 1 aliphatic heterocycles. The van der Waals surface area contributed by atoms with Crippen LogP contribution < -0.4 is 19.5 Å². The molecule has 1 saturated carbocycles. The van der Waals surface area contributed by atoms with E-state index in [1.807, 2.05) is 0 Å². The van der Waals surface area contributed by atoms with Gasteiger partial charge in [-0.2, -0.15) is 0 Å². The van der Waals surface area contributed by atoms with E-state index in [0.29, 0.717) is 22.9 Å². The minimum absolute atomic E-state index is 0.267. The van der Waals surface area contributed by atoms with Crippen LogP contribution in [0.4, 0.5) is 5.69 Å². The average Bonchev–Trinajstić information content (AvgIpc) is 3.08. The van der Waals surface area contributed by atoms with Crippen LogP contribution >= 0.6 is 0 Å². The molecule has 152 valence electrons. The molecule has 7 heteroatoms. The van der Waals surface area contributed by atoms with Crippen LogP contribution in [-0.4, -0.2) is 31.4 Å². The summed E-state index contributed by atoms with van der Waals surface area (Å²) in [5.74, 6) is 0.0728. The van der Waals surface area contributed by atoms with E-state index < -0.39 is 24.3 Å². The Balaban J connectivity index is 1.34. The van der Waals surface area contributed by atoms with Crippen molar-refractivity contribution in [3.8, 4) is 17.2 Å². The Morgan fingerprint density at radius 2 is 1.79 bits per heavy atom. The zero-order valence-corrected chi connectivity index (χ0v) is 16.2. The molecule has 1 aliphatic carbocycles. The second-order valence-electron chi connectivity index (χ2n) is 7.16. The molecule has 7 nitrogen and oxygen atoms in total. The Labute approximate surface area is 168 Å². The number of amides is 1. The van der Waals surface area contributed by atoms with Gasteiger partial charge in [-0.3, -0.25) is 4.79 Å². The van der Waals surface area contributed by atoms with Crippen molar-refractivity contribution in [1.29, 1.82) is 0 Å². The molecule has 29 heavy (non-hydrogen) atoms. The maximum atomic E-state index is 12.2. The number of esters is 1. The molecule has 1 fully saturated rings. The van der Waals surface area contributed by atoms with Gasteiger partial charge in [-0.25, -0.2) is 4.79 Å². The third-order valence-corrected chi connectivity index (χ3v) is 5.10. The maximum Gasteiger partial charge on any atom is 0.342 e. The van der Waals surface area contributed by atoms with Gasteiger partial charge in [-0.05, 0) is 37.1 Å². The lowest BCUT2D eigenvalue weighted by molar-refractivity contribution is -0.119. The van der Waals surface area contributed by atoms with Gasteiger partial charge >= 0.3 is 5.97 Å². The number of hydrogen-bond acceptors (Lipinski definition) is 6. The molecule has 2 aromatic carbocycles. The number of fused-ring (bicyclic) bond motifs is 1. The molecular weight excluding hydrogens is 374 g/mol. The van der Waals surface area contributed by atoms with Gasteiger partial charge in [0, 0.05) is 24.6 Å². The zero-order valence-electron chi connectivity index (χ0n) is 16.2. The molecule has 2 aromatic rings. The highest BCUT2D eigenvalue weighted by Crippen LogP contribution is 2.46. The molecule has 1 amide bonds. The van der Waals surface area contributed by atoms with Crippen molar-refractivity contribution in [2.24, 2.45) is 0 Å². The van der Waals surface area contributed by atoms with Gasteiger partial charge in [0.15, 0.2) is 18.1 Å². The fraction of sp³-hybridized carbons (Fsp3) is 0.364. The first-order valence-electron chi connectivity index (χ1n) is 9.71. The second-order valence-corrected chi connectivity index (χ2v) is 7.16. The maximum absolute atomic E-state index is 12.2. The third kappa shape index (κ3) is 4.13. The van der Waals surface area contributed by atoms with Crippen LogP contribution in [0.3, 0.4) is 0 Å². The molecule has 0 bridgehead atoms. The minimum atomic E-state index is -0.623. The summed E-state index contributed by atoms with van der Waals surface area (Å²) in [6, 6.07) is 11.9. The molecule has 0 saturated heterocycles. The van der Waals surface area contributed by atoms with Crippen molar-refractivity contribution in [1.82, 2.24) is 0 Å². The monoisotopic (exact) mass is 397 g/mol. The third-order valence-electron chi connectivity index (χ3n) is 5.10. The van der Waals surface area contributed by atoms with Gasteiger partial charge in [-0.15, -0.1) is 0 Å². The number of carbonyl (C=O) groups is 2. The lowest BCUT2D eigenvalue weighted by Gasteiger charge is -2.31. The lowest BCUT2D eigenvalue weighted by atomic mass is 9.94. The van der Waals surface area contributed by atoms with Crippen molar-refractivity contribution < 1.29 is 28.5 Å². The second kappa shape index (κ2) is 8.03. The first-order chi connectivity index (χ1) is 14.1. The summed E-state index contributed by atoms with van der Waals surface area (Å²) in [5.41, 5.74) is 0.821. The van der Waals surface area contributed by atoms with Crippen LogP contribution in [0.1, 0.15) is 42.5 Å². The summed E-state index contributed by atoms with van der Waals surface area (Å²) >= 11 is 0. The Morgan fingerprint density at radius 3 is 2.59 bits per heavy atom. The van der Waals surface area contributed by atoms with Gasteiger partial charge < -0.3 is 24.3 Å². The Hall–Kier alpha value is -3.22. The number of ether oxygens (including phenoxy) is 4. The van der Waals surface area contributed by atoms with Crippen molar-refractivity contribution in [2.45, 2.75) is 37.9 Å². The average molecular weight is 397 g/mol.